The number of hydrogen-bond donors (Lipinski definition) is 3. The first-order chi connectivity index (χ1) is 31.0. The molecule has 2 unspecified atom stereocenters. The third-order valence-electron chi connectivity index (χ3n) is 12.7. The summed E-state index contributed by atoms with van der Waals surface area (Å²) in [5, 5.41) is 23.2. The fourth-order valence-electron chi connectivity index (χ4n) is 8.39. The molecule has 0 aliphatic rings. The number of ether oxygens (including phenoxy) is 1. The molecular formula is C57H107NO5. The van der Waals surface area contributed by atoms with Crippen LogP contribution < -0.4 is 5.32 Å². The molecule has 6 heteroatoms. The highest BCUT2D eigenvalue weighted by Crippen LogP contribution is 2.17. The minimum Gasteiger partial charge on any atom is -0.466 e. The van der Waals surface area contributed by atoms with Crippen LogP contribution in [0.3, 0.4) is 0 Å². The van der Waals surface area contributed by atoms with Gasteiger partial charge in [0.25, 0.3) is 0 Å². The molecule has 0 aromatic carbocycles. The summed E-state index contributed by atoms with van der Waals surface area (Å²) in [6.07, 6.45) is 64.3. The highest BCUT2D eigenvalue weighted by molar-refractivity contribution is 5.76. The average Bonchev–Trinajstić information content (AvgIpc) is 3.28. The lowest BCUT2D eigenvalue weighted by atomic mass is 10.0. The number of hydrogen-bond acceptors (Lipinski definition) is 5. The van der Waals surface area contributed by atoms with Crippen LogP contribution in [-0.4, -0.2) is 47.4 Å². The molecule has 0 aromatic rings. The van der Waals surface area contributed by atoms with Crippen LogP contribution in [0, 0.1) is 0 Å². The molecule has 0 radical (unpaired) electrons. The van der Waals surface area contributed by atoms with E-state index in [-0.39, 0.29) is 18.5 Å². The van der Waals surface area contributed by atoms with Gasteiger partial charge in [-0.25, -0.2) is 0 Å². The highest BCUT2D eigenvalue weighted by Gasteiger charge is 2.19. The molecule has 0 heterocycles. The van der Waals surface area contributed by atoms with Gasteiger partial charge in [-0.15, -0.1) is 0 Å². The van der Waals surface area contributed by atoms with Gasteiger partial charge >= 0.3 is 5.97 Å². The molecule has 0 saturated heterocycles. The molecule has 0 bridgehead atoms. The van der Waals surface area contributed by atoms with Crippen LogP contribution in [0.4, 0.5) is 0 Å². The third-order valence-corrected chi connectivity index (χ3v) is 12.7. The van der Waals surface area contributed by atoms with E-state index < -0.39 is 12.1 Å². The first-order valence-electron chi connectivity index (χ1n) is 27.7. The maximum absolute atomic E-state index is 12.4. The predicted molar refractivity (Wildman–Crippen MR) is 273 cm³/mol. The average molecular weight is 886 g/mol. The SMILES string of the molecule is CCCCC/C=C\CCCCCCCC(=O)OCCCCCCCC/C=C\C/C=C\CCC(=O)NC(CO)C(O)CCCCCCCCCCCCCCCCCCCCCCC. The fourth-order valence-corrected chi connectivity index (χ4v) is 8.39. The van der Waals surface area contributed by atoms with Crippen LogP contribution in [0.15, 0.2) is 36.5 Å². The Balaban J connectivity index is 3.55. The van der Waals surface area contributed by atoms with Gasteiger partial charge in [0.15, 0.2) is 0 Å². The Morgan fingerprint density at radius 1 is 0.444 bits per heavy atom. The topological polar surface area (TPSA) is 95.9 Å². The second kappa shape index (κ2) is 52.7. The lowest BCUT2D eigenvalue weighted by molar-refractivity contribution is -0.143. The van der Waals surface area contributed by atoms with E-state index in [2.05, 4.69) is 49.5 Å². The summed E-state index contributed by atoms with van der Waals surface area (Å²) < 4.78 is 5.44. The lowest BCUT2D eigenvalue weighted by Gasteiger charge is -2.22. The van der Waals surface area contributed by atoms with Crippen molar-refractivity contribution in [1.29, 1.82) is 0 Å². The summed E-state index contributed by atoms with van der Waals surface area (Å²) in [4.78, 5) is 24.4. The van der Waals surface area contributed by atoms with Crippen LogP contribution in [0.5, 0.6) is 0 Å². The van der Waals surface area contributed by atoms with Gasteiger partial charge in [0, 0.05) is 12.8 Å². The van der Waals surface area contributed by atoms with Gasteiger partial charge in [-0.2, -0.15) is 0 Å². The van der Waals surface area contributed by atoms with E-state index in [0.29, 0.717) is 32.3 Å². The lowest BCUT2D eigenvalue weighted by Crippen LogP contribution is -2.45. The summed E-state index contributed by atoms with van der Waals surface area (Å²) in [5.41, 5.74) is 0. The van der Waals surface area contributed by atoms with Crippen LogP contribution in [0.25, 0.3) is 0 Å². The number of nitrogens with one attached hydrogen (secondary N) is 1. The number of rotatable bonds is 51. The number of carbonyl (C=O) groups excluding carboxylic acids is 2. The third kappa shape index (κ3) is 49.4. The number of aliphatic hydroxyl groups is 2. The molecule has 3 N–H and O–H groups in total. The predicted octanol–water partition coefficient (Wildman–Crippen LogP) is 16.9. The first kappa shape index (κ1) is 61.1. The number of allylic oxidation sites excluding steroid dienone is 6. The minimum absolute atomic E-state index is 0.0270. The quantitative estimate of drug-likeness (QED) is 0.0321. The normalized spacial score (nSPS) is 12.9. The molecule has 0 saturated carbocycles. The Morgan fingerprint density at radius 3 is 1.29 bits per heavy atom. The monoisotopic (exact) mass is 886 g/mol. The second-order valence-corrected chi connectivity index (χ2v) is 18.9. The number of unbranched alkanes of at least 4 members (excludes halogenated alkanes) is 34. The Morgan fingerprint density at radius 2 is 0.810 bits per heavy atom. The molecule has 0 fully saturated rings. The molecule has 0 aliphatic carbocycles. The van der Waals surface area contributed by atoms with Crippen LogP contribution >= 0.6 is 0 Å². The van der Waals surface area contributed by atoms with E-state index in [9.17, 15) is 19.8 Å². The van der Waals surface area contributed by atoms with Crippen LogP contribution in [-0.2, 0) is 14.3 Å². The molecule has 0 rings (SSSR count). The zero-order valence-electron chi connectivity index (χ0n) is 42.1. The maximum atomic E-state index is 12.4. The summed E-state index contributed by atoms with van der Waals surface area (Å²) in [6.45, 7) is 4.87. The molecule has 0 spiro atoms. The van der Waals surface area contributed by atoms with Crippen molar-refractivity contribution >= 4 is 11.9 Å². The minimum atomic E-state index is -0.700. The summed E-state index contributed by atoms with van der Waals surface area (Å²) in [6, 6.07) is -0.587. The van der Waals surface area contributed by atoms with E-state index in [0.717, 1.165) is 51.4 Å². The smallest absolute Gasteiger partial charge is 0.305 e. The molecule has 370 valence electrons. The Kier molecular flexibility index (Phi) is 51.1. The first-order valence-corrected chi connectivity index (χ1v) is 27.7. The van der Waals surface area contributed by atoms with Gasteiger partial charge in [0.05, 0.1) is 25.4 Å². The largest absolute Gasteiger partial charge is 0.466 e. The van der Waals surface area contributed by atoms with Gasteiger partial charge in [-0.05, 0) is 70.6 Å². The number of carbonyl (C=O) groups is 2. The summed E-state index contributed by atoms with van der Waals surface area (Å²) in [5.74, 6) is -0.141. The molecular weight excluding hydrogens is 779 g/mol. The van der Waals surface area contributed by atoms with Crippen molar-refractivity contribution in [2.24, 2.45) is 0 Å². The summed E-state index contributed by atoms with van der Waals surface area (Å²) >= 11 is 0. The van der Waals surface area contributed by atoms with Gasteiger partial charge in [-0.1, -0.05) is 243 Å². The Labute approximate surface area is 392 Å². The van der Waals surface area contributed by atoms with Crippen molar-refractivity contribution in [2.75, 3.05) is 13.2 Å². The van der Waals surface area contributed by atoms with Crippen molar-refractivity contribution in [2.45, 2.75) is 302 Å². The van der Waals surface area contributed by atoms with Gasteiger partial charge in [0.2, 0.25) is 5.91 Å². The van der Waals surface area contributed by atoms with Crippen molar-refractivity contribution in [3.8, 4) is 0 Å². The van der Waals surface area contributed by atoms with E-state index in [4.69, 9.17) is 4.74 Å². The summed E-state index contributed by atoms with van der Waals surface area (Å²) in [7, 11) is 0. The van der Waals surface area contributed by atoms with Crippen molar-refractivity contribution in [1.82, 2.24) is 5.32 Å². The van der Waals surface area contributed by atoms with E-state index in [1.807, 2.05) is 6.08 Å². The van der Waals surface area contributed by atoms with Gasteiger partial charge in [-0.3, -0.25) is 9.59 Å². The highest BCUT2D eigenvalue weighted by atomic mass is 16.5. The Hall–Kier alpha value is -1.92. The zero-order chi connectivity index (χ0) is 45.8. The Bertz CT molecular complexity index is 1020. The molecule has 2 atom stereocenters. The molecule has 63 heavy (non-hydrogen) atoms. The molecule has 0 aliphatic heterocycles. The molecule has 0 aromatic heterocycles. The van der Waals surface area contributed by atoms with Crippen LogP contribution in [0.1, 0.15) is 290 Å². The number of amides is 1. The standard InChI is InChI=1S/C57H107NO5/c1-3-5-7-9-11-13-15-17-18-19-20-21-22-23-24-26-29-33-37-41-45-49-55(60)54(53-59)58-56(61)50-46-42-38-34-30-27-25-28-32-36-40-44-48-52-63-57(62)51-47-43-39-35-31-16-14-12-10-8-6-4-2/h12,14,27,30,38,42,54-55,59-60H,3-11,13,15-26,28-29,31-37,39-41,43-53H2,1-2H3,(H,58,61)/b14-12-,30-27-,42-38-. The fraction of sp³-hybridized carbons (Fsp3) is 0.860. The van der Waals surface area contributed by atoms with Crippen molar-refractivity contribution in [3.05, 3.63) is 36.5 Å². The van der Waals surface area contributed by atoms with Gasteiger partial charge < -0.3 is 20.3 Å². The van der Waals surface area contributed by atoms with E-state index in [1.165, 1.54) is 199 Å². The number of esters is 1. The molecule has 6 nitrogen and oxygen atoms in total. The molecule has 1 amide bonds. The van der Waals surface area contributed by atoms with Crippen molar-refractivity contribution < 1.29 is 24.5 Å². The van der Waals surface area contributed by atoms with Crippen molar-refractivity contribution in [3.63, 3.8) is 0 Å². The van der Waals surface area contributed by atoms with E-state index in [1.54, 1.807) is 0 Å². The van der Waals surface area contributed by atoms with Gasteiger partial charge in [0.1, 0.15) is 0 Å². The maximum Gasteiger partial charge on any atom is 0.305 e. The van der Waals surface area contributed by atoms with E-state index >= 15 is 0 Å². The zero-order valence-corrected chi connectivity index (χ0v) is 42.1. The number of aliphatic hydroxyl groups excluding tert-OH is 2. The second-order valence-electron chi connectivity index (χ2n) is 18.9. The van der Waals surface area contributed by atoms with Crippen LogP contribution in [0.2, 0.25) is 0 Å².